The van der Waals surface area contributed by atoms with E-state index >= 15 is 0 Å². The molecule has 0 bridgehead atoms. The van der Waals surface area contributed by atoms with Crippen LogP contribution in [0.4, 0.5) is 0 Å². The summed E-state index contributed by atoms with van der Waals surface area (Å²) < 4.78 is 27.6. The predicted octanol–water partition coefficient (Wildman–Crippen LogP) is 6.11. The Morgan fingerprint density at radius 3 is 2.59 bits per heavy atom. The number of halogens is 1. The molecule has 1 N–H and O–H groups in total. The molecule has 0 aliphatic carbocycles. The van der Waals surface area contributed by atoms with Gasteiger partial charge in [0.15, 0.2) is 20.3 Å². The molecule has 0 saturated carbocycles. The first-order valence-electron chi connectivity index (χ1n) is 13.6. The summed E-state index contributed by atoms with van der Waals surface area (Å²) in [5.74, 6) is -0.816. The number of aliphatic hydroxyl groups excluding tert-OH is 1. The number of ether oxygens (including phenoxy) is 3. The van der Waals surface area contributed by atoms with Crippen LogP contribution in [0, 0.1) is 6.92 Å². The standard InChI is InChI=1S/C29H40ClN3O5Si/c1-17-20-11-13-33(26(20)32-16-31-17)27-25-24(37-29(5,6)38-25)23(36-27)22(34)21-10-9-19(30)15-18(21)12-14-35-39(7,8)28(2,3)4/h9-11,13,15-16,22-25,27,34H,12,14H2,1-8H3/t22-,23-,24-,25-,27-/m1/s1. The Morgan fingerprint density at radius 1 is 1.15 bits per heavy atom. The molecular formula is C29H40ClN3O5Si. The molecule has 2 saturated heterocycles. The monoisotopic (exact) mass is 573 g/mol. The lowest BCUT2D eigenvalue weighted by Gasteiger charge is -2.36. The highest BCUT2D eigenvalue weighted by atomic mass is 35.5. The van der Waals surface area contributed by atoms with E-state index in [2.05, 4.69) is 43.8 Å². The number of rotatable bonds is 7. The molecule has 0 unspecified atom stereocenters. The van der Waals surface area contributed by atoms with E-state index in [4.69, 9.17) is 30.2 Å². The van der Waals surface area contributed by atoms with E-state index < -0.39 is 44.7 Å². The van der Waals surface area contributed by atoms with Gasteiger partial charge in [-0.05, 0) is 74.7 Å². The van der Waals surface area contributed by atoms with Gasteiger partial charge in [0.2, 0.25) is 0 Å². The molecule has 4 heterocycles. The average molecular weight is 574 g/mol. The van der Waals surface area contributed by atoms with E-state index in [1.165, 1.54) is 0 Å². The Hall–Kier alpha value is -1.85. The third kappa shape index (κ3) is 5.42. The summed E-state index contributed by atoms with van der Waals surface area (Å²) in [6.07, 6.45) is 1.06. The quantitative estimate of drug-likeness (QED) is 0.341. The van der Waals surface area contributed by atoms with E-state index in [1.54, 1.807) is 12.4 Å². The van der Waals surface area contributed by atoms with Crippen LogP contribution >= 0.6 is 11.6 Å². The number of fused-ring (bicyclic) bond motifs is 2. The van der Waals surface area contributed by atoms with Gasteiger partial charge < -0.3 is 28.3 Å². The Labute approximate surface area is 236 Å². The highest BCUT2D eigenvalue weighted by Crippen LogP contribution is 2.47. The summed E-state index contributed by atoms with van der Waals surface area (Å²) in [5.41, 5.74) is 3.33. The van der Waals surface area contributed by atoms with Crippen molar-refractivity contribution in [2.24, 2.45) is 0 Å². The molecule has 8 nitrogen and oxygen atoms in total. The van der Waals surface area contributed by atoms with E-state index in [-0.39, 0.29) is 5.04 Å². The second kappa shape index (κ2) is 10.2. The molecule has 10 heteroatoms. The fraction of sp³-hybridized carbons (Fsp3) is 0.586. The number of aliphatic hydroxyl groups is 1. The summed E-state index contributed by atoms with van der Waals surface area (Å²) >= 11 is 6.40. The van der Waals surface area contributed by atoms with Crippen LogP contribution in [0.1, 0.15) is 63.8 Å². The van der Waals surface area contributed by atoms with Gasteiger partial charge in [0, 0.05) is 23.2 Å². The van der Waals surface area contributed by atoms with Gasteiger partial charge in [0.25, 0.3) is 0 Å². The van der Waals surface area contributed by atoms with Crippen molar-refractivity contribution in [1.82, 2.24) is 14.5 Å². The maximum absolute atomic E-state index is 11.8. The van der Waals surface area contributed by atoms with Crippen LogP contribution in [0.25, 0.3) is 11.0 Å². The van der Waals surface area contributed by atoms with Gasteiger partial charge in [-0.25, -0.2) is 9.97 Å². The molecule has 2 aromatic heterocycles. The van der Waals surface area contributed by atoms with Gasteiger partial charge >= 0.3 is 0 Å². The van der Waals surface area contributed by atoms with Gasteiger partial charge in [-0.3, -0.25) is 0 Å². The van der Waals surface area contributed by atoms with Crippen molar-refractivity contribution in [2.45, 2.75) is 103 Å². The van der Waals surface area contributed by atoms with Crippen molar-refractivity contribution < 1.29 is 23.7 Å². The number of hydrogen-bond donors (Lipinski definition) is 1. The van der Waals surface area contributed by atoms with Crippen molar-refractivity contribution in [2.75, 3.05) is 6.61 Å². The molecule has 3 aromatic rings. The zero-order valence-electron chi connectivity index (χ0n) is 24.1. The zero-order valence-corrected chi connectivity index (χ0v) is 25.8. The third-order valence-electron chi connectivity index (χ3n) is 8.42. The SMILES string of the molecule is Cc1ncnc2c1ccn2[C@@H]1O[C@H]([C@H](O)c2ccc(Cl)cc2CCO[Si](C)(C)C(C)(C)C)[C@H]2OC(C)(C)O[C@H]21. The molecule has 39 heavy (non-hydrogen) atoms. The lowest BCUT2D eigenvalue weighted by molar-refractivity contribution is -0.207. The smallest absolute Gasteiger partial charge is 0.191 e. The first-order chi connectivity index (χ1) is 18.2. The topological polar surface area (TPSA) is 87.9 Å². The summed E-state index contributed by atoms with van der Waals surface area (Å²) in [6, 6.07) is 7.57. The maximum Gasteiger partial charge on any atom is 0.191 e. The Kier molecular flexibility index (Phi) is 7.50. The van der Waals surface area contributed by atoms with Crippen molar-refractivity contribution in [3.05, 3.63) is 58.6 Å². The zero-order chi connectivity index (χ0) is 28.3. The number of aryl methyl sites for hydroxylation is 1. The molecule has 0 radical (unpaired) electrons. The Morgan fingerprint density at radius 2 is 1.87 bits per heavy atom. The lowest BCUT2D eigenvalue weighted by Crippen LogP contribution is -2.41. The second-order valence-electron chi connectivity index (χ2n) is 12.6. The Balaban J connectivity index is 1.43. The van der Waals surface area contributed by atoms with Crippen LogP contribution in [0.2, 0.25) is 23.2 Å². The normalized spacial score (nSPS) is 25.8. The minimum Gasteiger partial charge on any atom is -0.416 e. The molecule has 5 atom stereocenters. The van der Waals surface area contributed by atoms with E-state index in [1.807, 2.05) is 49.7 Å². The molecule has 2 aliphatic rings. The predicted molar refractivity (Wildman–Crippen MR) is 153 cm³/mol. The minimum absolute atomic E-state index is 0.115. The fourth-order valence-electron chi connectivity index (χ4n) is 5.28. The van der Waals surface area contributed by atoms with Gasteiger partial charge in [-0.1, -0.05) is 38.4 Å². The van der Waals surface area contributed by atoms with Gasteiger partial charge in [0.1, 0.15) is 36.4 Å². The first kappa shape index (κ1) is 28.7. The van der Waals surface area contributed by atoms with Crippen molar-refractivity contribution in [3.63, 3.8) is 0 Å². The Bertz CT molecular complexity index is 1350. The summed E-state index contributed by atoms with van der Waals surface area (Å²) in [6.45, 7) is 17.4. The number of hydrogen-bond acceptors (Lipinski definition) is 7. The van der Waals surface area contributed by atoms with Crippen molar-refractivity contribution >= 4 is 31.0 Å². The van der Waals surface area contributed by atoms with Crippen LogP contribution in [0.15, 0.2) is 36.8 Å². The summed E-state index contributed by atoms with van der Waals surface area (Å²) in [7, 11) is -1.91. The van der Waals surface area contributed by atoms with Gasteiger partial charge in [-0.15, -0.1) is 0 Å². The van der Waals surface area contributed by atoms with E-state index in [9.17, 15) is 5.11 Å². The third-order valence-corrected chi connectivity index (χ3v) is 13.2. The van der Waals surface area contributed by atoms with Crippen molar-refractivity contribution in [3.8, 4) is 0 Å². The molecule has 0 spiro atoms. The molecule has 1 aromatic carbocycles. The van der Waals surface area contributed by atoms with E-state index in [0.29, 0.717) is 18.1 Å². The van der Waals surface area contributed by atoms with Crippen LogP contribution in [0.3, 0.4) is 0 Å². The highest BCUT2D eigenvalue weighted by molar-refractivity contribution is 6.74. The average Bonchev–Trinajstić information content (AvgIpc) is 3.49. The van der Waals surface area contributed by atoms with Crippen LogP contribution < -0.4 is 0 Å². The van der Waals surface area contributed by atoms with Crippen LogP contribution in [-0.4, -0.2) is 58.7 Å². The van der Waals surface area contributed by atoms with E-state index in [0.717, 1.165) is 27.9 Å². The largest absolute Gasteiger partial charge is 0.416 e. The summed E-state index contributed by atoms with van der Waals surface area (Å²) in [5, 5.41) is 13.5. The molecule has 212 valence electrons. The highest BCUT2D eigenvalue weighted by Gasteiger charge is 2.58. The minimum atomic E-state index is -1.91. The fourth-order valence-corrected chi connectivity index (χ4v) is 6.52. The van der Waals surface area contributed by atoms with Crippen LogP contribution in [0.5, 0.6) is 0 Å². The molecule has 2 aliphatic heterocycles. The lowest BCUT2D eigenvalue weighted by atomic mass is 9.94. The molecule has 2 fully saturated rings. The number of aromatic nitrogens is 3. The first-order valence-corrected chi connectivity index (χ1v) is 16.9. The summed E-state index contributed by atoms with van der Waals surface area (Å²) in [4.78, 5) is 8.82. The second-order valence-corrected chi connectivity index (χ2v) is 17.9. The molecule has 0 amide bonds. The molecular weight excluding hydrogens is 534 g/mol. The maximum atomic E-state index is 11.8. The van der Waals surface area contributed by atoms with Gasteiger partial charge in [0.05, 0.1) is 5.69 Å². The van der Waals surface area contributed by atoms with Gasteiger partial charge in [-0.2, -0.15) is 0 Å². The number of benzene rings is 1. The van der Waals surface area contributed by atoms with Crippen molar-refractivity contribution in [1.29, 1.82) is 0 Å². The molecule has 5 rings (SSSR count). The van der Waals surface area contributed by atoms with Crippen LogP contribution in [-0.2, 0) is 25.1 Å². The number of nitrogens with zero attached hydrogens (tertiary/aromatic N) is 3.